The second-order valence-corrected chi connectivity index (χ2v) is 4.01. The van der Waals surface area contributed by atoms with E-state index in [1.165, 1.54) is 19.4 Å². The zero-order chi connectivity index (χ0) is 10.5. The van der Waals surface area contributed by atoms with Gasteiger partial charge in [0.1, 0.15) is 5.75 Å². The van der Waals surface area contributed by atoms with Crippen LogP contribution in [0.4, 0.5) is 0 Å². The van der Waals surface area contributed by atoms with E-state index in [0.29, 0.717) is 0 Å². The van der Waals surface area contributed by atoms with Gasteiger partial charge in [-0.15, -0.1) is 0 Å². The first kappa shape index (κ1) is 10.5. The Morgan fingerprint density at radius 2 is 2.07 bits per heavy atom. The Bertz CT molecular complexity index is 286. The molecule has 0 radical (unpaired) electrons. The largest absolute Gasteiger partial charge is 0.475 e. The molecule has 0 spiro atoms. The van der Waals surface area contributed by atoms with Crippen molar-refractivity contribution >= 4 is 0 Å². The molecule has 1 heterocycles. The number of hydrogen-bond donors (Lipinski definition) is 0. The van der Waals surface area contributed by atoms with Crippen molar-refractivity contribution in [3.8, 4) is 5.75 Å². The van der Waals surface area contributed by atoms with Crippen molar-refractivity contribution in [2.45, 2.75) is 32.4 Å². The normalized spacial score (nSPS) is 22.6. The van der Waals surface area contributed by atoms with Gasteiger partial charge in [-0.05, 0) is 37.9 Å². The van der Waals surface area contributed by atoms with E-state index in [1.807, 2.05) is 30.3 Å². The average molecular weight is 205 g/mol. The van der Waals surface area contributed by atoms with Crippen molar-refractivity contribution in [1.82, 2.24) is 4.90 Å². The first-order valence-electron chi connectivity index (χ1n) is 5.86. The quantitative estimate of drug-likeness (QED) is 0.752. The summed E-state index contributed by atoms with van der Waals surface area (Å²) in [5.74, 6) is 0.989. The fourth-order valence-electron chi connectivity index (χ4n) is 2.11. The van der Waals surface area contributed by atoms with Gasteiger partial charge < -0.3 is 4.74 Å². The summed E-state index contributed by atoms with van der Waals surface area (Å²) in [6.07, 6.45) is 4.03. The lowest BCUT2D eigenvalue weighted by Crippen LogP contribution is -2.42. The Morgan fingerprint density at radius 3 is 2.80 bits per heavy atom. The summed E-state index contributed by atoms with van der Waals surface area (Å²) in [6.45, 7) is 4.46. The fourth-order valence-corrected chi connectivity index (χ4v) is 2.11. The van der Waals surface area contributed by atoms with Crippen LogP contribution in [0.5, 0.6) is 5.75 Å². The van der Waals surface area contributed by atoms with Crippen LogP contribution in [-0.2, 0) is 0 Å². The molecule has 1 aromatic carbocycles. The van der Waals surface area contributed by atoms with Crippen LogP contribution in [-0.4, -0.2) is 24.2 Å². The van der Waals surface area contributed by atoms with Gasteiger partial charge in [0, 0.05) is 6.54 Å². The number of nitrogens with zero attached hydrogens (tertiary/aromatic N) is 1. The SMILES string of the molecule is CCN1CCCCC1Oc1ccccc1. The van der Waals surface area contributed by atoms with E-state index >= 15 is 0 Å². The minimum absolute atomic E-state index is 0.283. The topological polar surface area (TPSA) is 12.5 Å². The highest BCUT2D eigenvalue weighted by Gasteiger charge is 2.21. The molecule has 0 aromatic heterocycles. The summed E-state index contributed by atoms with van der Waals surface area (Å²) in [4.78, 5) is 2.41. The molecule has 1 aliphatic heterocycles. The number of hydrogen-bond acceptors (Lipinski definition) is 2. The molecule has 2 rings (SSSR count). The Balaban J connectivity index is 1.97. The second kappa shape index (κ2) is 5.17. The molecule has 0 saturated carbocycles. The lowest BCUT2D eigenvalue weighted by Gasteiger charge is -2.34. The molecule has 0 bridgehead atoms. The number of para-hydroxylation sites is 1. The highest BCUT2D eigenvalue weighted by Crippen LogP contribution is 2.20. The lowest BCUT2D eigenvalue weighted by atomic mass is 10.1. The van der Waals surface area contributed by atoms with E-state index in [9.17, 15) is 0 Å². The van der Waals surface area contributed by atoms with Crippen molar-refractivity contribution in [3.63, 3.8) is 0 Å². The molecule has 2 nitrogen and oxygen atoms in total. The summed E-state index contributed by atoms with van der Waals surface area (Å²) in [5, 5.41) is 0. The predicted octanol–water partition coefficient (Wildman–Crippen LogP) is 2.90. The van der Waals surface area contributed by atoms with Crippen LogP contribution in [0.1, 0.15) is 26.2 Å². The van der Waals surface area contributed by atoms with Crippen molar-refractivity contribution in [3.05, 3.63) is 30.3 Å². The lowest BCUT2D eigenvalue weighted by molar-refractivity contribution is -0.0000689. The maximum Gasteiger partial charge on any atom is 0.152 e. The first-order valence-corrected chi connectivity index (χ1v) is 5.86. The minimum atomic E-state index is 0.283. The first-order chi connectivity index (χ1) is 7.40. The molecule has 1 aliphatic rings. The molecule has 1 saturated heterocycles. The number of piperidine rings is 1. The number of rotatable bonds is 3. The standard InChI is InChI=1S/C13H19NO/c1-2-14-11-7-6-10-13(14)15-12-8-4-3-5-9-12/h3-5,8-9,13H,2,6-7,10-11H2,1H3. The molecule has 0 aliphatic carbocycles. The highest BCUT2D eigenvalue weighted by molar-refractivity contribution is 5.21. The summed E-state index contributed by atoms with van der Waals surface area (Å²) in [6, 6.07) is 10.1. The third-order valence-electron chi connectivity index (χ3n) is 2.98. The van der Waals surface area contributed by atoms with E-state index in [1.54, 1.807) is 0 Å². The molecule has 1 atom stereocenters. The summed E-state index contributed by atoms with van der Waals surface area (Å²) >= 11 is 0. The minimum Gasteiger partial charge on any atom is -0.475 e. The van der Waals surface area contributed by atoms with E-state index in [2.05, 4.69) is 11.8 Å². The van der Waals surface area contributed by atoms with Gasteiger partial charge in [-0.25, -0.2) is 0 Å². The summed E-state index contributed by atoms with van der Waals surface area (Å²) < 4.78 is 5.98. The van der Waals surface area contributed by atoms with Crippen LogP contribution in [0.3, 0.4) is 0 Å². The monoisotopic (exact) mass is 205 g/mol. The second-order valence-electron chi connectivity index (χ2n) is 4.01. The average Bonchev–Trinajstić information content (AvgIpc) is 2.31. The molecule has 1 fully saturated rings. The van der Waals surface area contributed by atoms with Gasteiger partial charge in [-0.3, -0.25) is 4.90 Å². The maximum atomic E-state index is 5.98. The van der Waals surface area contributed by atoms with E-state index in [0.717, 1.165) is 18.7 Å². The van der Waals surface area contributed by atoms with Crippen LogP contribution in [0.15, 0.2) is 30.3 Å². The van der Waals surface area contributed by atoms with Gasteiger partial charge in [0.2, 0.25) is 0 Å². The van der Waals surface area contributed by atoms with Crippen molar-refractivity contribution in [1.29, 1.82) is 0 Å². The van der Waals surface area contributed by atoms with Gasteiger partial charge in [-0.2, -0.15) is 0 Å². The Kier molecular flexibility index (Phi) is 3.62. The number of ether oxygens (including phenoxy) is 1. The maximum absolute atomic E-state index is 5.98. The van der Waals surface area contributed by atoms with E-state index in [-0.39, 0.29) is 6.23 Å². The molecule has 15 heavy (non-hydrogen) atoms. The zero-order valence-corrected chi connectivity index (χ0v) is 9.36. The van der Waals surface area contributed by atoms with Crippen LogP contribution < -0.4 is 4.74 Å². The van der Waals surface area contributed by atoms with Gasteiger partial charge in [-0.1, -0.05) is 25.1 Å². The Morgan fingerprint density at radius 1 is 1.27 bits per heavy atom. The molecule has 0 N–H and O–H groups in total. The Labute approximate surface area is 91.9 Å². The molecule has 2 heteroatoms. The Hall–Kier alpha value is -1.02. The van der Waals surface area contributed by atoms with Crippen molar-refractivity contribution in [2.24, 2.45) is 0 Å². The number of likely N-dealkylation sites (tertiary alicyclic amines) is 1. The van der Waals surface area contributed by atoms with Crippen LogP contribution >= 0.6 is 0 Å². The molecular formula is C13H19NO. The van der Waals surface area contributed by atoms with E-state index in [4.69, 9.17) is 4.74 Å². The van der Waals surface area contributed by atoms with Gasteiger partial charge in [0.15, 0.2) is 6.23 Å². The van der Waals surface area contributed by atoms with Gasteiger partial charge in [0.05, 0.1) is 0 Å². The third-order valence-corrected chi connectivity index (χ3v) is 2.98. The van der Waals surface area contributed by atoms with Crippen molar-refractivity contribution in [2.75, 3.05) is 13.1 Å². The third kappa shape index (κ3) is 2.72. The highest BCUT2D eigenvalue weighted by atomic mass is 16.5. The zero-order valence-electron chi connectivity index (χ0n) is 9.36. The smallest absolute Gasteiger partial charge is 0.152 e. The number of benzene rings is 1. The fraction of sp³-hybridized carbons (Fsp3) is 0.538. The molecule has 0 amide bonds. The molecule has 82 valence electrons. The van der Waals surface area contributed by atoms with Crippen molar-refractivity contribution < 1.29 is 4.74 Å². The van der Waals surface area contributed by atoms with Gasteiger partial charge in [0.25, 0.3) is 0 Å². The summed E-state index contributed by atoms with van der Waals surface area (Å²) in [7, 11) is 0. The van der Waals surface area contributed by atoms with Crippen LogP contribution in [0.25, 0.3) is 0 Å². The molecule has 1 aromatic rings. The van der Waals surface area contributed by atoms with Crippen LogP contribution in [0.2, 0.25) is 0 Å². The molecular weight excluding hydrogens is 186 g/mol. The van der Waals surface area contributed by atoms with Gasteiger partial charge >= 0.3 is 0 Å². The van der Waals surface area contributed by atoms with E-state index < -0.39 is 0 Å². The predicted molar refractivity (Wildman–Crippen MR) is 62.0 cm³/mol. The molecule has 1 unspecified atom stereocenters. The summed E-state index contributed by atoms with van der Waals surface area (Å²) in [5.41, 5.74) is 0. The van der Waals surface area contributed by atoms with Crippen LogP contribution in [0, 0.1) is 0 Å².